The minimum atomic E-state index is -0.161. The average Bonchev–Trinajstić information content (AvgIpc) is 2.69. The van der Waals surface area contributed by atoms with E-state index in [9.17, 15) is 4.39 Å². The lowest BCUT2D eigenvalue weighted by molar-refractivity contribution is 0.610. The molecule has 0 radical (unpaired) electrons. The fourth-order valence-corrected chi connectivity index (χ4v) is 3.52. The van der Waals surface area contributed by atoms with Gasteiger partial charge in [-0.25, -0.2) is 14.4 Å². The number of nitrogens with one attached hydrogen (secondary N) is 1. The van der Waals surface area contributed by atoms with Crippen molar-refractivity contribution < 1.29 is 4.39 Å². The Morgan fingerprint density at radius 3 is 2.67 bits per heavy atom. The lowest BCUT2D eigenvalue weighted by Crippen LogP contribution is -2.31. The van der Waals surface area contributed by atoms with Gasteiger partial charge in [0.2, 0.25) is 0 Å². The van der Waals surface area contributed by atoms with Crippen molar-refractivity contribution in [1.29, 1.82) is 0 Å². The Morgan fingerprint density at radius 2 is 1.81 bits per heavy atom. The van der Waals surface area contributed by atoms with E-state index in [-0.39, 0.29) is 5.82 Å². The van der Waals surface area contributed by atoms with Crippen LogP contribution in [0.5, 0.6) is 0 Å². The summed E-state index contributed by atoms with van der Waals surface area (Å²) >= 11 is 0. The van der Waals surface area contributed by atoms with Gasteiger partial charge in [0.05, 0.1) is 0 Å². The molecule has 27 heavy (non-hydrogen) atoms. The first kappa shape index (κ1) is 17.5. The normalized spacial score (nSPS) is 13.3. The summed E-state index contributed by atoms with van der Waals surface area (Å²) in [6, 6.07) is 17.4. The van der Waals surface area contributed by atoms with Crippen molar-refractivity contribution in [3.05, 3.63) is 82.9 Å². The lowest BCUT2D eigenvalue weighted by atomic mass is 10.00. The number of aryl methyl sites for hydroxylation is 1. The van der Waals surface area contributed by atoms with Crippen LogP contribution in [0.1, 0.15) is 22.5 Å². The molecule has 1 aromatic heterocycles. The monoisotopic (exact) mass is 362 g/mol. The molecule has 1 N–H and O–H groups in total. The van der Waals surface area contributed by atoms with E-state index >= 15 is 0 Å². The third kappa shape index (κ3) is 4.08. The molecule has 0 atom stereocenters. The maximum absolute atomic E-state index is 13.7. The van der Waals surface area contributed by atoms with Crippen LogP contribution in [-0.4, -0.2) is 23.1 Å². The summed E-state index contributed by atoms with van der Waals surface area (Å²) in [5.41, 5.74) is 3.49. The van der Waals surface area contributed by atoms with Gasteiger partial charge in [0.1, 0.15) is 23.3 Å². The van der Waals surface area contributed by atoms with E-state index in [0.29, 0.717) is 18.5 Å². The van der Waals surface area contributed by atoms with Gasteiger partial charge >= 0.3 is 0 Å². The molecule has 4 rings (SSSR count). The van der Waals surface area contributed by atoms with Crippen LogP contribution in [0, 0.1) is 12.7 Å². The van der Waals surface area contributed by atoms with E-state index in [1.807, 2.05) is 25.1 Å². The highest BCUT2D eigenvalue weighted by molar-refractivity contribution is 5.51. The SMILES string of the molecule is Cc1nc(NCCc2ccccc2F)cc(N2CCc3ccccc3C2)n1. The molecule has 1 aliphatic heterocycles. The summed E-state index contributed by atoms with van der Waals surface area (Å²) in [6.07, 6.45) is 1.64. The standard InChI is InChI=1S/C22H23FN4/c1-16-25-21(24-12-10-18-7-4-5-9-20(18)23)14-22(26-16)27-13-11-17-6-2-3-8-19(17)15-27/h2-9,14H,10-13,15H2,1H3,(H,24,25,26). The van der Waals surface area contributed by atoms with Crippen molar-refractivity contribution in [2.24, 2.45) is 0 Å². The molecule has 5 heteroatoms. The minimum absolute atomic E-state index is 0.161. The highest BCUT2D eigenvalue weighted by Crippen LogP contribution is 2.24. The molecular weight excluding hydrogens is 339 g/mol. The molecule has 138 valence electrons. The van der Waals surface area contributed by atoms with Gasteiger partial charge in [0.15, 0.2) is 0 Å². The predicted molar refractivity (Wildman–Crippen MR) is 107 cm³/mol. The van der Waals surface area contributed by atoms with Crippen LogP contribution < -0.4 is 10.2 Å². The largest absolute Gasteiger partial charge is 0.370 e. The molecule has 4 nitrogen and oxygen atoms in total. The van der Waals surface area contributed by atoms with Gasteiger partial charge in [0, 0.05) is 25.7 Å². The van der Waals surface area contributed by atoms with E-state index in [0.717, 1.165) is 37.0 Å². The van der Waals surface area contributed by atoms with Gasteiger partial charge in [-0.2, -0.15) is 0 Å². The zero-order chi connectivity index (χ0) is 18.6. The Balaban J connectivity index is 1.45. The molecule has 0 unspecified atom stereocenters. The number of hydrogen-bond donors (Lipinski definition) is 1. The van der Waals surface area contributed by atoms with Crippen LogP contribution in [0.2, 0.25) is 0 Å². The second-order valence-electron chi connectivity index (χ2n) is 6.87. The molecule has 2 aromatic carbocycles. The average molecular weight is 362 g/mol. The summed E-state index contributed by atoms with van der Waals surface area (Å²) in [6.45, 7) is 4.34. The number of halogens is 1. The Labute approximate surface area is 159 Å². The number of anilines is 2. The Morgan fingerprint density at radius 1 is 1.04 bits per heavy atom. The third-order valence-electron chi connectivity index (χ3n) is 4.94. The molecule has 0 bridgehead atoms. The zero-order valence-corrected chi connectivity index (χ0v) is 15.5. The summed E-state index contributed by atoms with van der Waals surface area (Å²) < 4.78 is 13.7. The first-order valence-corrected chi connectivity index (χ1v) is 9.34. The van der Waals surface area contributed by atoms with Gasteiger partial charge in [0.25, 0.3) is 0 Å². The second-order valence-corrected chi connectivity index (χ2v) is 6.87. The molecule has 3 aromatic rings. The summed E-state index contributed by atoms with van der Waals surface area (Å²) in [4.78, 5) is 11.4. The Bertz CT molecular complexity index is 941. The van der Waals surface area contributed by atoms with Gasteiger partial charge in [-0.1, -0.05) is 42.5 Å². The molecule has 1 aliphatic rings. The van der Waals surface area contributed by atoms with Crippen LogP contribution >= 0.6 is 0 Å². The maximum atomic E-state index is 13.7. The number of aromatic nitrogens is 2. The number of fused-ring (bicyclic) bond motifs is 1. The van der Waals surface area contributed by atoms with E-state index in [1.165, 1.54) is 17.2 Å². The molecular formula is C22H23FN4. The quantitative estimate of drug-likeness (QED) is 0.741. The summed E-state index contributed by atoms with van der Waals surface area (Å²) in [5, 5.41) is 3.32. The topological polar surface area (TPSA) is 41.1 Å². The minimum Gasteiger partial charge on any atom is -0.370 e. The maximum Gasteiger partial charge on any atom is 0.134 e. The van der Waals surface area contributed by atoms with Gasteiger partial charge in [-0.3, -0.25) is 0 Å². The zero-order valence-electron chi connectivity index (χ0n) is 15.5. The van der Waals surface area contributed by atoms with E-state index in [1.54, 1.807) is 6.07 Å². The Hall–Kier alpha value is -2.95. The van der Waals surface area contributed by atoms with Gasteiger partial charge in [-0.05, 0) is 42.5 Å². The molecule has 2 heterocycles. The third-order valence-corrected chi connectivity index (χ3v) is 4.94. The highest BCUT2D eigenvalue weighted by atomic mass is 19.1. The summed E-state index contributed by atoms with van der Waals surface area (Å²) in [5.74, 6) is 2.30. The van der Waals surface area contributed by atoms with E-state index in [4.69, 9.17) is 0 Å². The van der Waals surface area contributed by atoms with Crippen molar-refractivity contribution in [2.45, 2.75) is 26.3 Å². The predicted octanol–water partition coefficient (Wildman–Crippen LogP) is 4.14. The van der Waals surface area contributed by atoms with E-state index < -0.39 is 0 Å². The lowest BCUT2D eigenvalue weighted by Gasteiger charge is -2.30. The van der Waals surface area contributed by atoms with Crippen LogP contribution in [-0.2, 0) is 19.4 Å². The highest BCUT2D eigenvalue weighted by Gasteiger charge is 2.18. The molecule has 0 amide bonds. The van der Waals surface area contributed by atoms with Crippen molar-refractivity contribution >= 4 is 11.6 Å². The molecule has 0 saturated heterocycles. The van der Waals surface area contributed by atoms with Crippen molar-refractivity contribution in [3.8, 4) is 0 Å². The fraction of sp³-hybridized carbons (Fsp3) is 0.273. The fourth-order valence-electron chi connectivity index (χ4n) is 3.52. The van der Waals surface area contributed by atoms with Crippen LogP contribution in [0.4, 0.5) is 16.0 Å². The first-order valence-electron chi connectivity index (χ1n) is 9.34. The van der Waals surface area contributed by atoms with Crippen LogP contribution in [0.15, 0.2) is 54.6 Å². The van der Waals surface area contributed by atoms with E-state index in [2.05, 4.69) is 44.5 Å². The van der Waals surface area contributed by atoms with Gasteiger partial charge < -0.3 is 10.2 Å². The number of benzene rings is 2. The molecule has 0 aliphatic carbocycles. The van der Waals surface area contributed by atoms with Crippen LogP contribution in [0.3, 0.4) is 0 Å². The van der Waals surface area contributed by atoms with Crippen molar-refractivity contribution in [2.75, 3.05) is 23.3 Å². The molecule has 0 fully saturated rings. The van der Waals surface area contributed by atoms with Gasteiger partial charge in [-0.15, -0.1) is 0 Å². The number of nitrogens with zero attached hydrogens (tertiary/aromatic N) is 3. The second kappa shape index (κ2) is 7.74. The summed E-state index contributed by atoms with van der Waals surface area (Å²) in [7, 11) is 0. The molecule has 0 spiro atoms. The van der Waals surface area contributed by atoms with Crippen molar-refractivity contribution in [3.63, 3.8) is 0 Å². The molecule has 0 saturated carbocycles. The number of rotatable bonds is 5. The van der Waals surface area contributed by atoms with Crippen molar-refractivity contribution in [1.82, 2.24) is 9.97 Å². The first-order chi connectivity index (χ1) is 13.2. The smallest absolute Gasteiger partial charge is 0.134 e. The van der Waals surface area contributed by atoms with Crippen LogP contribution in [0.25, 0.3) is 0 Å². The number of hydrogen-bond acceptors (Lipinski definition) is 4. The Kier molecular flexibility index (Phi) is 5.01.